The largest absolute Gasteiger partial charge is 0.508 e. The maximum Gasteiger partial charge on any atom is 0.316 e. The van der Waals surface area contributed by atoms with E-state index in [0.29, 0.717) is 17.1 Å². The van der Waals surface area contributed by atoms with Crippen LogP contribution in [0.5, 0.6) is 11.5 Å². The quantitative estimate of drug-likeness (QED) is 0.850. The van der Waals surface area contributed by atoms with Crippen LogP contribution in [0.4, 0.5) is 11.4 Å². The minimum atomic E-state index is -0.749. The lowest BCUT2D eigenvalue weighted by Crippen LogP contribution is -2.37. The van der Waals surface area contributed by atoms with Gasteiger partial charge in [-0.2, -0.15) is 0 Å². The number of amides is 2. The minimum Gasteiger partial charge on any atom is -0.508 e. The van der Waals surface area contributed by atoms with Gasteiger partial charge in [-0.3, -0.25) is 9.59 Å². The van der Waals surface area contributed by atoms with E-state index in [1.807, 2.05) is 0 Å². The first-order valence-electron chi connectivity index (χ1n) is 6.53. The normalized spacial score (nSPS) is 9.91. The van der Waals surface area contributed by atoms with Gasteiger partial charge in [0.1, 0.15) is 11.5 Å². The molecule has 2 aromatic carbocycles. The summed E-state index contributed by atoms with van der Waals surface area (Å²) in [6, 6.07) is 12.6. The summed E-state index contributed by atoms with van der Waals surface area (Å²) in [5.41, 5.74) is 1.01. The molecular formula is C16H16N2O4. The average molecular weight is 300 g/mol. The zero-order chi connectivity index (χ0) is 16.1. The van der Waals surface area contributed by atoms with Crippen molar-refractivity contribution >= 4 is 23.2 Å². The van der Waals surface area contributed by atoms with Crippen LogP contribution in [0.25, 0.3) is 0 Å². The highest BCUT2D eigenvalue weighted by Gasteiger charge is 2.20. The topological polar surface area (TPSA) is 78.9 Å². The van der Waals surface area contributed by atoms with E-state index < -0.39 is 11.8 Å². The highest BCUT2D eigenvalue weighted by atomic mass is 16.5. The van der Waals surface area contributed by atoms with Crippen LogP contribution >= 0.6 is 0 Å². The molecule has 6 nitrogen and oxygen atoms in total. The summed E-state index contributed by atoms with van der Waals surface area (Å²) in [5, 5.41) is 11.8. The standard InChI is InChI=1S/C16H16N2O4/c1-18(12-5-7-13(19)8-6-12)16(21)15(20)17-11-3-9-14(22-2)10-4-11/h3-10,19H,1-2H3,(H,17,20). The molecule has 0 heterocycles. The van der Waals surface area contributed by atoms with E-state index in [9.17, 15) is 14.7 Å². The summed E-state index contributed by atoms with van der Waals surface area (Å²) >= 11 is 0. The van der Waals surface area contributed by atoms with Gasteiger partial charge in [-0.05, 0) is 48.5 Å². The smallest absolute Gasteiger partial charge is 0.316 e. The van der Waals surface area contributed by atoms with Crippen molar-refractivity contribution in [3.63, 3.8) is 0 Å². The average Bonchev–Trinajstić information content (AvgIpc) is 2.55. The summed E-state index contributed by atoms with van der Waals surface area (Å²) < 4.78 is 5.02. The lowest BCUT2D eigenvalue weighted by molar-refractivity contribution is -0.134. The van der Waals surface area contributed by atoms with Gasteiger partial charge in [0.25, 0.3) is 0 Å². The molecule has 0 spiro atoms. The molecule has 0 aliphatic carbocycles. The van der Waals surface area contributed by atoms with Gasteiger partial charge < -0.3 is 20.1 Å². The molecule has 6 heteroatoms. The van der Waals surface area contributed by atoms with Crippen molar-refractivity contribution in [2.75, 3.05) is 24.4 Å². The summed E-state index contributed by atoms with van der Waals surface area (Å²) in [7, 11) is 3.03. The number of phenolic OH excluding ortho intramolecular Hbond substituents is 1. The third kappa shape index (κ3) is 3.54. The molecule has 22 heavy (non-hydrogen) atoms. The number of rotatable bonds is 3. The van der Waals surface area contributed by atoms with E-state index in [0.717, 1.165) is 0 Å². The molecule has 0 saturated heterocycles. The first kappa shape index (κ1) is 15.4. The molecule has 0 radical (unpaired) electrons. The zero-order valence-electron chi connectivity index (χ0n) is 12.2. The number of benzene rings is 2. The van der Waals surface area contributed by atoms with Crippen LogP contribution in [0.3, 0.4) is 0 Å². The Morgan fingerprint density at radius 2 is 1.64 bits per heavy atom. The van der Waals surface area contributed by atoms with E-state index in [1.54, 1.807) is 43.5 Å². The zero-order valence-corrected chi connectivity index (χ0v) is 12.2. The van der Waals surface area contributed by atoms with Crippen molar-refractivity contribution in [3.8, 4) is 11.5 Å². The fraction of sp³-hybridized carbons (Fsp3) is 0.125. The van der Waals surface area contributed by atoms with Crippen LogP contribution in [0.1, 0.15) is 0 Å². The number of nitrogens with zero attached hydrogens (tertiary/aromatic N) is 1. The van der Waals surface area contributed by atoms with Crippen molar-refractivity contribution < 1.29 is 19.4 Å². The Labute approximate surface area is 127 Å². The molecule has 0 aromatic heterocycles. The second-order valence-corrected chi connectivity index (χ2v) is 4.56. The predicted octanol–water partition coefficient (Wildman–Crippen LogP) is 2.00. The van der Waals surface area contributed by atoms with E-state index >= 15 is 0 Å². The maximum absolute atomic E-state index is 12.1. The van der Waals surface area contributed by atoms with Crippen LogP contribution in [-0.2, 0) is 9.59 Å². The molecule has 0 aliphatic rings. The van der Waals surface area contributed by atoms with Crippen LogP contribution in [0.15, 0.2) is 48.5 Å². The van der Waals surface area contributed by atoms with E-state index in [2.05, 4.69) is 5.32 Å². The Kier molecular flexibility index (Phi) is 4.63. The summed E-state index contributed by atoms with van der Waals surface area (Å²) in [6.07, 6.45) is 0. The van der Waals surface area contributed by atoms with Crippen LogP contribution < -0.4 is 15.0 Å². The molecular weight excluding hydrogens is 284 g/mol. The van der Waals surface area contributed by atoms with Crippen molar-refractivity contribution in [1.82, 2.24) is 0 Å². The van der Waals surface area contributed by atoms with Crippen molar-refractivity contribution in [1.29, 1.82) is 0 Å². The summed E-state index contributed by atoms with van der Waals surface area (Å²) in [6.45, 7) is 0. The molecule has 2 amide bonds. The van der Waals surface area contributed by atoms with Crippen LogP contribution in [0.2, 0.25) is 0 Å². The first-order valence-corrected chi connectivity index (χ1v) is 6.53. The fourth-order valence-corrected chi connectivity index (χ4v) is 1.80. The number of aromatic hydroxyl groups is 1. The second kappa shape index (κ2) is 6.62. The molecule has 114 valence electrons. The number of methoxy groups -OCH3 is 1. The monoisotopic (exact) mass is 300 g/mol. The second-order valence-electron chi connectivity index (χ2n) is 4.56. The van der Waals surface area contributed by atoms with Crippen LogP contribution in [0, 0.1) is 0 Å². The van der Waals surface area contributed by atoms with Gasteiger partial charge in [-0.15, -0.1) is 0 Å². The van der Waals surface area contributed by atoms with Gasteiger partial charge in [0, 0.05) is 18.4 Å². The Hall–Kier alpha value is -3.02. The number of nitrogens with one attached hydrogen (secondary N) is 1. The molecule has 2 rings (SSSR count). The highest BCUT2D eigenvalue weighted by molar-refractivity contribution is 6.44. The number of hydrogen-bond acceptors (Lipinski definition) is 4. The maximum atomic E-state index is 12.1. The molecule has 0 unspecified atom stereocenters. The Morgan fingerprint density at radius 3 is 2.18 bits per heavy atom. The SMILES string of the molecule is COc1ccc(NC(=O)C(=O)N(C)c2ccc(O)cc2)cc1. The summed E-state index contributed by atoms with van der Waals surface area (Å²) in [4.78, 5) is 25.3. The Balaban J connectivity index is 2.04. The van der Waals surface area contributed by atoms with Crippen LogP contribution in [-0.4, -0.2) is 31.1 Å². The van der Waals surface area contributed by atoms with Gasteiger partial charge in [0.05, 0.1) is 7.11 Å². The molecule has 0 saturated carbocycles. The van der Waals surface area contributed by atoms with Crippen molar-refractivity contribution in [2.24, 2.45) is 0 Å². The number of carbonyl (C=O) groups is 2. The van der Waals surface area contributed by atoms with Crippen molar-refractivity contribution in [2.45, 2.75) is 0 Å². The third-order valence-electron chi connectivity index (χ3n) is 3.08. The number of ether oxygens (including phenoxy) is 1. The molecule has 0 bridgehead atoms. The van der Waals surface area contributed by atoms with E-state index in [-0.39, 0.29) is 5.75 Å². The molecule has 0 atom stereocenters. The number of anilines is 2. The van der Waals surface area contributed by atoms with Crippen molar-refractivity contribution in [3.05, 3.63) is 48.5 Å². The number of phenols is 1. The molecule has 0 fully saturated rings. The highest BCUT2D eigenvalue weighted by Crippen LogP contribution is 2.18. The van der Waals surface area contributed by atoms with Gasteiger partial charge >= 0.3 is 11.8 Å². The number of likely N-dealkylation sites (N-methyl/N-ethyl adjacent to an activating group) is 1. The lowest BCUT2D eigenvalue weighted by Gasteiger charge is -2.16. The van der Waals surface area contributed by atoms with Gasteiger partial charge in [0.2, 0.25) is 0 Å². The van der Waals surface area contributed by atoms with E-state index in [1.165, 1.54) is 24.1 Å². The van der Waals surface area contributed by atoms with Gasteiger partial charge in [-0.1, -0.05) is 0 Å². The Morgan fingerprint density at radius 1 is 1.05 bits per heavy atom. The summed E-state index contributed by atoms with van der Waals surface area (Å²) in [5.74, 6) is -0.708. The number of hydrogen-bond donors (Lipinski definition) is 2. The first-order chi connectivity index (χ1) is 10.5. The fourth-order valence-electron chi connectivity index (χ4n) is 1.80. The van der Waals surface area contributed by atoms with Gasteiger partial charge in [-0.25, -0.2) is 0 Å². The molecule has 0 aliphatic heterocycles. The number of carbonyl (C=O) groups excluding carboxylic acids is 2. The lowest BCUT2D eigenvalue weighted by atomic mass is 10.2. The van der Waals surface area contributed by atoms with Gasteiger partial charge in [0.15, 0.2) is 0 Å². The molecule has 2 aromatic rings. The molecule has 2 N–H and O–H groups in total. The Bertz CT molecular complexity index is 666. The predicted molar refractivity (Wildman–Crippen MR) is 83.1 cm³/mol. The minimum absolute atomic E-state index is 0.0901. The van der Waals surface area contributed by atoms with E-state index in [4.69, 9.17) is 4.74 Å². The third-order valence-corrected chi connectivity index (χ3v) is 3.08.